The van der Waals surface area contributed by atoms with Crippen LogP contribution in [0.4, 0.5) is 4.79 Å². The molecule has 0 saturated carbocycles. The third kappa shape index (κ3) is 3.90. The summed E-state index contributed by atoms with van der Waals surface area (Å²) in [6, 6.07) is -1.07. The van der Waals surface area contributed by atoms with Crippen LogP contribution < -0.4 is 5.32 Å². The van der Waals surface area contributed by atoms with Crippen LogP contribution in [0.3, 0.4) is 0 Å². The van der Waals surface area contributed by atoms with Crippen LogP contribution in [0.25, 0.3) is 0 Å². The summed E-state index contributed by atoms with van der Waals surface area (Å²) in [7, 11) is 1.25. The van der Waals surface area contributed by atoms with Gasteiger partial charge in [0, 0.05) is 19.5 Å². The first-order valence-corrected chi connectivity index (χ1v) is 5.79. The number of hydrogen-bond acceptors (Lipinski definition) is 4. The lowest BCUT2D eigenvalue weighted by molar-refractivity contribution is -0.142. The zero-order chi connectivity index (χ0) is 13.7. The first-order valence-electron chi connectivity index (χ1n) is 5.79. The number of aliphatic carboxylic acids is 1. The molecule has 18 heavy (non-hydrogen) atoms. The monoisotopic (exact) mass is 258 g/mol. The second-order valence-electron chi connectivity index (χ2n) is 4.39. The molecule has 1 aliphatic heterocycles. The maximum atomic E-state index is 11.8. The normalized spacial score (nSPS) is 20.3. The van der Waals surface area contributed by atoms with Crippen molar-refractivity contribution >= 4 is 18.0 Å². The highest BCUT2D eigenvalue weighted by molar-refractivity contribution is 5.83. The molecule has 0 spiro atoms. The molecule has 0 aromatic heterocycles. The van der Waals surface area contributed by atoms with Gasteiger partial charge >= 0.3 is 18.0 Å². The zero-order valence-electron chi connectivity index (χ0n) is 10.5. The number of carbonyl (C=O) groups excluding carboxylic acids is 2. The van der Waals surface area contributed by atoms with Crippen molar-refractivity contribution in [1.82, 2.24) is 10.2 Å². The van der Waals surface area contributed by atoms with Crippen molar-refractivity contribution < 1.29 is 24.2 Å². The van der Waals surface area contributed by atoms with Gasteiger partial charge in [-0.05, 0) is 19.3 Å². The zero-order valence-corrected chi connectivity index (χ0v) is 10.5. The van der Waals surface area contributed by atoms with Crippen molar-refractivity contribution in [3.05, 3.63) is 0 Å². The van der Waals surface area contributed by atoms with Crippen LogP contribution >= 0.6 is 0 Å². The highest BCUT2D eigenvalue weighted by Crippen LogP contribution is 2.19. The van der Waals surface area contributed by atoms with Gasteiger partial charge < -0.3 is 20.1 Å². The van der Waals surface area contributed by atoms with Crippen LogP contribution in [0, 0.1) is 5.92 Å². The third-order valence-electron chi connectivity index (χ3n) is 2.93. The fourth-order valence-corrected chi connectivity index (χ4v) is 1.94. The number of carbonyl (C=O) groups is 3. The number of hydrogen-bond donors (Lipinski definition) is 2. The van der Waals surface area contributed by atoms with E-state index in [0.717, 1.165) is 0 Å². The minimum atomic E-state index is -0.856. The molecule has 7 nitrogen and oxygen atoms in total. The summed E-state index contributed by atoms with van der Waals surface area (Å²) in [4.78, 5) is 35.0. The molecule has 2 amide bonds. The van der Waals surface area contributed by atoms with Crippen LogP contribution in [-0.4, -0.2) is 54.2 Å². The summed E-state index contributed by atoms with van der Waals surface area (Å²) in [5.74, 6) is -1.38. The van der Waals surface area contributed by atoms with Gasteiger partial charge in [-0.2, -0.15) is 0 Å². The average Bonchev–Trinajstić information content (AvgIpc) is 2.75. The third-order valence-corrected chi connectivity index (χ3v) is 2.93. The smallest absolute Gasteiger partial charge is 0.328 e. The number of rotatable bonds is 4. The van der Waals surface area contributed by atoms with E-state index in [-0.39, 0.29) is 18.4 Å². The first kappa shape index (κ1) is 14.3. The van der Waals surface area contributed by atoms with Crippen LogP contribution in [-0.2, 0) is 14.3 Å². The average molecular weight is 258 g/mol. The molecular formula is C11H18N2O5. The SMILES string of the molecule is COC(=O)C(C)NC(=O)N1CCC(CC(=O)O)C1. The quantitative estimate of drug-likeness (QED) is 0.695. The van der Waals surface area contributed by atoms with Gasteiger partial charge in [-0.1, -0.05) is 0 Å². The Balaban J connectivity index is 2.40. The predicted octanol–water partition coefficient (Wildman–Crippen LogP) is 0.0541. The minimum Gasteiger partial charge on any atom is -0.481 e. The Morgan fingerprint density at radius 2 is 2.17 bits per heavy atom. The molecule has 2 atom stereocenters. The number of carboxylic acids is 1. The number of amides is 2. The molecule has 0 aromatic rings. The number of esters is 1. The highest BCUT2D eigenvalue weighted by atomic mass is 16.5. The van der Waals surface area contributed by atoms with Crippen LogP contribution in [0.2, 0.25) is 0 Å². The number of ether oxygens (including phenoxy) is 1. The van der Waals surface area contributed by atoms with Crippen molar-refractivity contribution in [1.29, 1.82) is 0 Å². The van der Waals surface area contributed by atoms with E-state index >= 15 is 0 Å². The molecule has 2 unspecified atom stereocenters. The Kier molecular flexibility index (Phi) is 4.94. The predicted molar refractivity (Wildman–Crippen MR) is 61.9 cm³/mol. The molecule has 102 valence electrons. The van der Waals surface area contributed by atoms with Gasteiger partial charge in [0.15, 0.2) is 0 Å². The number of methoxy groups -OCH3 is 1. The van der Waals surface area contributed by atoms with Gasteiger partial charge in [-0.15, -0.1) is 0 Å². The summed E-state index contributed by atoms with van der Waals surface area (Å²) in [6.07, 6.45) is 0.739. The summed E-state index contributed by atoms with van der Waals surface area (Å²) < 4.78 is 4.50. The van der Waals surface area contributed by atoms with E-state index in [1.165, 1.54) is 18.9 Å². The van der Waals surface area contributed by atoms with E-state index in [0.29, 0.717) is 19.5 Å². The van der Waals surface area contributed by atoms with Crippen LogP contribution in [0.1, 0.15) is 19.8 Å². The molecule has 0 aliphatic carbocycles. The minimum absolute atomic E-state index is 0.0123. The van der Waals surface area contributed by atoms with Crippen molar-refractivity contribution in [2.24, 2.45) is 5.92 Å². The van der Waals surface area contributed by atoms with Gasteiger partial charge in [-0.3, -0.25) is 4.79 Å². The molecule has 0 radical (unpaired) electrons. The highest BCUT2D eigenvalue weighted by Gasteiger charge is 2.29. The Hall–Kier alpha value is -1.79. The number of nitrogens with zero attached hydrogens (tertiary/aromatic N) is 1. The lowest BCUT2D eigenvalue weighted by Gasteiger charge is -2.19. The number of likely N-dealkylation sites (tertiary alicyclic amines) is 1. The summed E-state index contributed by atoms with van der Waals surface area (Å²) in [5.41, 5.74) is 0. The number of urea groups is 1. The van der Waals surface area contributed by atoms with E-state index in [4.69, 9.17) is 5.11 Å². The Bertz CT molecular complexity index is 344. The molecule has 1 rings (SSSR count). The maximum absolute atomic E-state index is 11.8. The number of carboxylic acid groups (broad SMARTS) is 1. The molecule has 2 N–H and O–H groups in total. The molecular weight excluding hydrogens is 240 g/mol. The maximum Gasteiger partial charge on any atom is 0.328 e. The van der Waals surface area contributed by atoms with E-state index in [9.17, 15) is 14.4 Å². The van der Waals surface area contributed by atoms with E-state index in [1.807, 2.05) is 0 Å². The summed E-state index contributed by atoms with van der Waals surface area (Å²) in [5, 5.41) is 11.2. The topological polar surface area (TPSA) is 95.9 Å². The van der Waals surface area contributed by atoms with Gasteiger partial charge in [0.2, 0.25) is 0 Å². The summed E-state index contributed by atoms with van der Waals surface area (Å²) >= 11 is 0. The van der Waals surface area contributed by atoms with Crippen LogP contribution in [0.15, 0.2) is 0 Å². The molecule has 1 fully saturated rings. The number of nitrogens with one attached hydrogen (secondary N) is 1. The van der Waals surface area contributed by atoms with Gasteiger partial charge in [0.25, 0.3) is 0 Å². The first-order chi connectivity index (χ1) is 8.43. The van der Waals surface area contributed by atoms with Gasteiger partial charge in [-0.25, -0.2) is 9.59 Å². The van der Waals surface area contributed by atoms with E-state index in [2.05, 4.69) is 10.1 Å². The molecule has 1 aliphatic rings. The van der Waals surface area contributed by atoms with Gasteiger partial charge in [0.05, 0.1) is 7.11 Å². The molecule has 0 aromatic carbocycles. The Morgan fingerprint density at radius 1 is 1.50 bits per heavy atom. The molecule has 1 saturated heterocycles. The largest absolute Gasteiger partial charge is 0.481 e. The molecule has 0 bridgehead atoms. The summed E-state index contributed by atoms with van der Waals surface area (Å²) in [6.45, 7) is 2.46. The standard InChI is InChI=1S/C11H18N2O5/c1-7(10(16)18-2)12-11(17)13-4-3-8(6-13)5-9(14)15/h7-8H,3-6H2,1-2H3,(H,12,17)(H,14,15). The van der Waals surface area contributed by atoms with Crippen LogP contribution in [0.5, 0.6) is 0 Å². The van der Waals surface area contributed by atoms with E-state index in [1.54, 1.807) is 0 Å². The fourth-order valence-electron chi connectivity index (χ4n) is 1.94. The lowest BCUT2D eigenvalue weighted by Crippen LogP contribution is -2.46. The lowest BCUT2D eigenvalue weighted by atomic mass is 10.1. The van der Waals surface area contributed by atoms with Crippen molar-refractivity contribution in [3.63, 3.8) is 0 Å². The van der Waals surface area contributed by atoms with Crippen molar-refractivity contribution in [2.45, 2.75) is 25.8 Å². The van der Waals surface area contributed by atoms with Crippen molar-refractivity contribution in [2.75, 3.05) is 20.2 Å². The second kappa shape index (κ2) is 6.23. The Labute approximate surface area is 105 Å². The fraction of sp³-hybridized carbons (Fsp3) is 0.727. The van der Waals surface area contributed by atoms with E-state index < -0.39 is 18.0 Å². The molecule has 7 heteroatoms. The Morgan fingerprint density at radius 3 is 2.72 bits per heavy atom. The molecule has 1 heterocycles. The second-order valence-corrected chi connectivity index (χ2v) is 4.39. The van der Waals surface area contributed by atoms with Gasteiger partial charge in [0.1, 0.15) is 6.04 Å². The van der Waals surface area contributed by atoms with Crippen molar-refractivity contribution in [3.8, 4) is 0 Å².